The molecular weight excluding hydrogens is 242 g/mol. The number of ether oxygens (including phenoxy) is 1. The maximum Gasteiger partial charge on any atom is 0.338 e. The van der Waals surface area contributed by atoms with Gasteiger partial charge in [-0.15, -0.1) is 11.3 Å². The van der Waals surface area contributed by atoms with E-state index in [2.05, 4.69) is 4.74 Å². The van der Waals surface area contributed by atoms with Crippen LogP contribution in [0, 0.1) is 10.1 Å². The molecule has 0 atom stereocenters. The van der Waals surface area contributed by atoms with E-state index in [1.54, 1.807) is 11.4 Å². The van der Waals surface area contributed by atoms with Gasteiger partial charge in [0.1, 0.15) is 0 Å². The maximum absolute atomic E-state index is 11.2. The van der Waals surface area contributed by atoms with Crippen LogP contribution in [0.15, 0.2) is 23.7 Å². The highest BCUT2D eigenvalue weighted by molar-refractivity contribution is 7.10. The quantitative estimate of drug-likeness (QED) is 0.339. The molecule has 1 rings (SSSR count). The summed E-state index contributed by atoms with van der Waals surface area (Å²) in [6, 6.07) is 1.80. The van der Waals surface area contributed by atoms with E-state index < -0.39 is 4.92 Å². The van der Waals surface area contributed by atoms with Crippen LogP contribution in [0.1, 0.15) is 28.1 Å². The van der Waals surface area contributed by atoms with Gasteiger partial charge in [0.25, 0.3) is 0 Å². The van der Waals surface area contributed by atoms with Crippen molar-refractivity contribution in [2.75, 3.05) is 7.11 Å². The molecule has 0 N–H and O–H groups in total. The van der Waals surface area contributed by atoms with Gasteiger partial charge in [-0.25, -0.2) is 4.79 Å². The van der Waals surface area contributed by atoms with E-state index in [0.717, 1.165) is 23.9 Å². The zero-order chi connectivity index (χ0) is 12.7. The number of thiophene rings is 1. The number of carbonyl (C=O) groups is 1. The molecule has 0 aromatic carbocycles. The van der Waals surface area contributed by atoms with E-state index in [0.29, 0.717) is 12.0 Å². The van der Waals surface area contributed by atoms with Crippen LogP contribution >= 0.6 is 11.3 Å². The van der Waals surface area contributed by atoms with Gasteiger partial charge >= 0.3 is 5.97 Å². The Labute approximate surface area is 103 Å². The van der Waals surface area contributed by atoms with E-state index in [9.17, 15) is 14.9 Å². The van der Waals surface area contributed by atoms with Crippen molar-refractivity contribution < 1.29 is 14.5 Å². The van der Waals surface area contributed by atoms with Gasteiger partial charge in [0.15, 0.2) is 0 Å². The molecule has 0 unspecified atom stereocenters. The number of rotatable bonds is 6. The van der Waals surface area contributed by atoms with Gasteiger partial charge in [0.2, 0.25) is 6.20 Å². The number of hydrogen-bond donors (Lipinski definition) is 0. The fourth-order valence-corrected chi connectivity index (χ4v) is 2.19. The van der Waals surface area contributed by atoms with Gasteiger partial charge in [-0.05, 0) is 31.4 Å². The number of esters is 1. The Morgan fingerprint density at radius 1 is 1.65 bits per heavy atom. The normalized spacial score (nSPS) is 10.6. The van der Waals surface area contributed by atoms with Crippen molar-refractivity contribution in [3.05, 3.63) is 44.3 Å². The summed E-state index contributed by atoms with van der Waals surface area (Å²) >= 11 is 1.50. The van der Waals surface area contributed by atoms with E-state index >= 15 is 0 Å². The van der Waals surface area contributed by atoms with Crippen molar-refractivity contribution in [2.24, 2.45) is 0 Å². The summed E-state index contributed by atoms with van der Waals surface area (Å²) in [5.41, 5.74) is 0.563. The lowest BCUT2D eigenvalue weighted by Gasteiger charge is -1.94. The Balaban J connectivity index is 2.35. The first kappa shape index (κ1) is 13.4. The summed E-state index contributed by atoms with van der Waals surface area (Å²) in [4.78, 5) is 21.8. The first-order valence-electron chi connectivity index (χ1n) is 5.09. The van der Waals surface area contributed by atoms with Gasteiger partial charge in [0.05, 0.1) is 17.6 Å². The van der Waals surface area contributed by atoms with Gasteiger partial charge in [-0.3, -0.25) is 10.1 Å². The van der Waals surface area contributed by atoms with Crippen molar-refractivity contribution in [1.82, 2.24) is 0 Å². The van der Waals surface area contributed by atoms with Gasteiger partial charge < -0.3 is 4.74 Å². The largest absolute Gasteiger partial charge is 0.465 e. The first-order valence-corrected chi connectivity index (χ1v) is 5.97. The van der Waals surface area contributed by atoms with E-state index in [1.807, 2.05) is 0 Å². The molecule has 0 aliphatic rings. The standard InChI is InChI=1S/C11H13NO4S/c1-16-11(13)9-7-10(17-8-9)5-3-2-4-6-12(14)15/h4,6-8H,2-3,5H2,1H3. The molecule has 5 nitrogen and oxygen atoms in total. The Hall–Kier alpha value is -1.69. The Kier molecular flexibility index (Phi) is 5.35. The molecule has 0 aliphatic carbocycles. The minimum Gasteiger partial charge on any atom is -0.465 e. The van der Waals surface area contributed by atoms with Crippen LogP contribution in [0.5, 0.6) is 0 Å². The monoisotopic (exact) mass is 255 g/mol. The summed E-state index contributed by atoms with van der Waals surface area (Å²) in [6.45, 7) is 0. The smallest absolute Gasteiger partial charge is 0.338 e. The molecule has 1 aromatic rings. The van der Waals surface area contributed by atoms with Crippen LogP contribution in [-0.2, 0) is 11.2 Å². The number of methoxy groups -OCH3 is 1. The molecule has 0 saturated carbocycles. The van der Waals surface area contributed by atoms with Crippen molar-refractivity contribution in [2.45, 2.75) is 19.3 Å². The molecule has 0 amide bonds. The number of nitrogens with zero attached hydrogens (tertiary/aromatic N) is 1. The van der Waals surface area contributed by atoms with Crippen LogP contribution < -0.4 is 0 Å². The molecular formula is C11H13NO4S. The first-order chi connectivity index (χ1) is 8.13. The second-order valence-electron chi connectivity index (χ2n) is 3.36. The Morgan fingerprint density at radius 2 is 2.41 bits per heavy atom. The summed E-state index contributed by atoms with van der Waals surface area (Å²) in [6.07, 6.45) is 4.78. The fraction of sp³-hybridized carbons (Fsp3) is 0.364. The van der Waals surface area contributed by atoms with Gasteiger partial charge in [-0.1, -0.05) is 0 Å². The second kappa shape index (κ2) is 6.80. The minimum absolute atomic E-state index is 0.333. The molecule has 0 saturated heterocycles. The maximum atomic E-state index is 11.2. The van der Waals surface area contributed by atoms with Crippen LogP contribution in [0.4, 0.5) is 0 Å². The van der Waals surface area contributed by atoms with Gasteiger partial charge in [-0.2, -0.15) is 0 Å². The minimum atomic E-state index is -0.472. The molecule has 0 bridgehead atoms. The Bertz CT molecular complexity index is 425. The van der Waals surface area contributed by atoms with Crippen LogP contribution in [-0.4, -0.2) is 18.0 Å². The summed E-state index contributed by atoms with van der Waals surface area (Å²) in [5, 5.41) is 11.8. The molecule has 0 aliphatic heterocycles. The molecule has 17 heavy (non-hydrogen) atoms. The highest BCUT2D eigenvalue weighted by Crippen LogP contribution is 2.17. The third-order valence-corrected chi connectivity index (χ3v) is 3.09. The second-order valence-corrected chi connectivity index (χ2v) is 4.35. The predicted molar refractivity (Wildman–Crippen MR) is 64.7 cm³/mol. The molecule has 0 fully saturated rings. The van der Waals surface area contributed by atoms with Crippen molar-refractivity contribution in [3.63, 3.8) is 0 Å². The Morgan fingerprint density at radius 3 is 3.06 bits per heavy atom. The predicted octanol–water partition coefficient (Wildman–Crippen LogP) is 2.65. The zero-order valence-electron chi connectivity index (χ0n) is 9.42. The van der Waals surface area contributed by atoms with E-state index in [1.165, 1.54) is 24.5 Å². The summed E-state index contributed by atoms with van der Waals surface area (Å²) < 4.78 is 4.60. The van der Waals surface area contributed by atoms with E-state index in [-0.39, 0.29) is 5.97 Å². The third-order valence-electron chi connectivity index (χ3n) is 2.10. The van der Waals surface area contributed by atoms with Crippen LogP contribution in [0.2, 0.25) is 0 Å². The number of unbranched alkanes of at least 4 members (excludes halogenated alkanes) is 1. The molecule has 1 aromatic heterocycles. The molecule has 92 valence electrons. The average molecular weight is 255 g/mol. The number of nitro groups is 1. The topological polar surface area (TPSA) is 69.4 Å². The number of aryl methyl sites for hydroxylation is 1. The fourth-order valence-electron chi connectivity index (χ4n) is 1.29. The molecule has 1 heterocycles. The number of carbonyl (C=O) groups excluding carboxylic acids is 1. The highest BCUT2D eigenvalue weighted by atomic mass is 32.1. The summed E-state index contributed by atoms with van der Waals surface area (Å²) in [5.74, 6) is -0.333. The lowest BCUT2D eigenvalue weighted by Crippen LogP contribution is -1.98. The van der Waals surface area contributed by atoms with Crippen molar-refractivity contribution in [3.8, 4) is 0 Å². The number of allylic oxidation sites excluding steroid dienone is 1. The SMILES string of the molecule is COC(=O)c1csc(CCCC=C[N+](=O)[O-])c1. The lowest BCUT2D eigenvalue weighted by atomic mass is 10.2. The number of hydrogen-bond acceptors (Lipinski definition) is 5. The highest BCUT2D eigenvalue weighted by Gasteiger charge is 2.07. The molecule has 0 spiro atoms. The van der Waals surface area contributed by atoms with E-state index in [4.69, 9.17) is 0 Å². The molecule has 0 radical (unpaired) electrons. The third kappa shape index (κ3) is 4.78. The average Bonchev–Trinajstić information content (AvgIpc) is 2.76. The van der Waals surface area contributed by atoms with Crippen LogP contribution in [0.3, 0.4) is 0 Å². The lowest BCUT2D eigenvalue weighted by molar-refractivity contribution is -0.402. The van der Waals surface area contributed by atoms with Gasteiger partial charge in [0, 0.05) is 10.3 Å². The van der Waals surface area contributed by atoms with Crippen molar-refractivity contribution in [1.29, 1.82) is 0 Å². The zero-order valence-corrected chi connectivity index (χ0v) is 10.2. The molecule has 6 heteroatoms. The van der Waals surface area contributed by atoms with Crippen molar-refractivity contribution >= 4 is 17.3 Å². The summed E-state index contributed by atoms with van der Waals surface area (Å²) in [7, 11) is 1.35. The van der Waals surface area contributed by atoms with Crippen LogP contribution in [0.25, 0.3) is 0 Å².